The largest absolute Gasteiger partial charge is 0.457 e. The van der Waals surface area contributed by atoms with Crippen molar-refractivity contribution >= 4 is 28.7 Å². The first kappa shape index (κ1) is 19.6. The average molecular weight is 433 g/mol. The molecular weight excluding hydrogens is 412 g/mol. The number of likely N-dealkylation sites (tertiary alicyclic amines) is 1. The molecule has 0 aliphatic carbocycles. The zero-order valence-electron chi connectivity index (χ0n) is 16.8. The molecule has 0 bridgehead atoms. The number of pyridine rings is 1. The summed E-state index contributed by atoms with van der Waals surface area (Å²) in [6.07, 6.45) is 4.32. The molecule has 31 heavy (non-hydrogen) atoms. The minimum absolute atomic E-state index is 0.191. The fraction of sp³-hybridized carbons (Fsp3) is 0.208. The van der Waals surface area contributed by atoms with Crippen LogP contribution < -0.4 is 4.74 Å². The molecule has 0 atom stereocenters. The molecule has 0 saturated carbocycles. The van der Waals surface area contributed by atoms with Gasteiger partial charge in [0.15, 0.2) is 5.65 Å². The van der Waals surface area contributed by atoms with E-state index >= 15 is 0 Å². The van der Waals surface area contributed by atoms with E-state index in [0.717, 1.165) is 41.9 Å². The Morgan fingerprint density at radius 2 is 1.97 bits per heavy atom. The topological polar surface area (TPSA) is 71.1 Å². The third-order valence-electron chi connectivity index (χ3n) is 5.42. The number of fused-ring (bicyclic) bond motifs is 1. The third kappa shape index (κ3) is 4.25. The summed E-state index contributed by atoms with van der Waals surface area (Å²) in [6.45, 7) is 1.29. The minimum atomic E-state index is 0.191. The summed E-state index contributed by atoms with van der Waals surface area (Å²) < 4.78 is 6.22. The van der Waals surface area contributed by atoms with E-state index in [1.54, 1.807) is 18.3 Å². The number of H-pyrrole nitrogens is 1. The summed E-state index contributed by atoms with van der Waals surface area (Å²) in [5.74, 6) is 2.28. The van der Waals surface area contributed by atoms with E-state index in [2.05, 4.69) is 15.0 Å². The van der Waals surface area contributed by atoms with Gasteiger partial charge in [0.05, 0.1) is 5.52 Å². The maximum Gasteiger partial charge on any atom is 0.222 e. The Bertz CT molecular complexity index is 1200. The van der Waals surface area contributed by atoms with Crippen LogP contribution in [0, 0.1) is 0 Å². The molecule has 0 spiro atoms. The van der Waals surface area contributed by atoms with E-state index in [9.17, 15) is 4.79 Å². The van der Waals surface area contributed by atoms with E-state index in [1.807, 2.05) is 47.4 Å². The molecule has 1 fully saturated rings. The lowest BCUT2D eigenvalue weighted by molar-refractivity contribution is -0.133. The molecule has 7 heteroatoms. The number of nitrogens with zero attached hydrogens (tertiary/aromatic N) is 3. The van der Waals surface area contributed by atoms with Crippen molar-refractivity contribution in [2.45, 2.75) is 25.8 Å². The molecule has 5 rings (SSSR count). The van der Waals surface area contributed by atoms with Gasteiger partial charge in [0.25, 0.3) is 0 Å². The zero-order valence-corrected chi connectivity index (χ0v) is 17.6. The summed E-state index contributed by atoms with van der Waals surface area (Å²) in [6, 6.07) is 17.0. The quantitative estimate of drug-likeness (QED) is 0.446. The van der Waals surface area contributed by atoms with Crippen molar-refractivity contribution in [3.63, 3.8) is 0 Å². The normalized spacial score (nSPS) is 14.2. The van der Waals surface area contributed by atoms with E-state index in [-0.39, 0.29) is 5.91 Å². The summed E-state index contributed by atoms with van der Waals surface area (Å²) >= 11 is 6.02. The molecule has 1 aliphatic rings. The van der Waals surface area contributed by atoms with Crippen molar-refractivity contribution in [1.82, 2.24) is 19.9 Å². The number of carbonyl (C=O) groups excluding carboxylic acids is 1. The smallest absolute Gasteiger partial charge is 0.222 e. The molecule has 6 nitrogen and oxygen atoms in total. The van der Waals surface area contributed by atoms with Crippen LogP contribution >= 0.6 is 11.6 Å². The monoisotopic (exact) mass is 432 g/mol. The van der Waals surface area contributed by atoms with Crippen LogP contribution in [0.4, 0.5) is 0 Å². The first-order chi connectivity index (χ1) is 15.2. The molecule has 0 unspecified atom stereocenters. The van der Waals surface area contributed by atoms with Gasteiger partial charge in [-0.15, -0.1) is 0 Å². The van der Waals surface area contributed by atoms with Gasteiger partial charge in [-0.1, -0.05) is 23.7 Å². The maximum absolute atomic E-state index is 12.3. The highest BCUT2D eigenvalue weighted by Crippen LogP contribution is 2.32. The van der Waals surface area contributed by atoms with Gasteiger partial charge in [-0.05, 0) is 55.3 Å². The molecule has 1 amide bonds. The van der Waals surface area contributed by atoms with Crippen LogP contribution in [0.2, 0.25) is 5.02 Å². The van der Waals surface area contributed by atoms with Crippen molar-refractivity contribution in [2.24, 2.45) is 0 Å². The van der Waals surface area contributed by atoms with Gasteiger partial charge in [0.2, 0.25) is 5.91 Å². The molecule has 156 valence electrons. The molecule has 1 saturated heterocycles. The van der Waals surface area contributed by atoms with Gasteiger partial charge in [-0.3, -0.25) is 4.79 Å². The Balaban J connectivity index is 1.51. The predicted molar refractivity (Wildman–Crippen MR) is 120 cm³/mol. The van der Waals surface area contributed by atoms with E-state index in [1.165, 1.54) is 0 Å². The minimum Gasteiger partial charge on any atom is -0.457 e. The highest BCUT2D eigenvalue weighted by Gasteiger charge is 2.20. The number of nitrogens with one attached hydrogen (secondary N) is 1. The van der Waals surface area contributed by atoms with Crippen molar-refractivity contribution in [1.29, 1.82) is 0 Å². The number of imidazole rings is 1. The number of aromatic amines is 1. The second-order valence-electron chi connectivity index (χ2n) is 7.61. The van der Waals surface area contributed by atoms with E-state index in [0.29, 0.717) is 35.1 Å². The molecule has 1 N–H and O–H groups in total. The first-order valence-corrected chi connectivity index (χ1v) is 10.7. The van der Waals surface area contributed by atoms with E-state index < -0.39 is 0 Å². The number of ether oxygens (including phenoxy) is 1. The number of benzene rings is 2. The highest BCUT2D eigenvalue weighted by atomic mass is 35.5. The zero-order chi connectivity index (χ0) is 21.2. The van der Waals surface area contributed by atoms with Crippen molar-refractivity contribution in [3.05, 3.63) is 71.4 Å². The van der Waals surface area contributed by atoms with Crippen LogP contribution in [-0.4, -0.2) is 32.3 Å². The van der Waals surface area contributed by atoms with Gasteiger partial charge < -0.3 is 14.6 Å². The van der Waals surface area contributed by atoms with Gasteiger partial charge in [0, 0.05) is 41.9 Å². The molecule has 0 radical (unpaired) electrons. The number of hydrogen-bond acceptors (Lipinski definition) is 4. The summed E-state index contributed by atoms with van der Waals surface area (Å²) in [5, 5.41) is 0.648. The molecular formula is C24H21ClN4O2. The standard InChI is InChI=1S/C24H21ClN4O2/c25-18-8-10-19(11-9-18)31-21-14-16(23-27-20-4-3-12-26-24(20)28-23)6-7-17(21)15-29-13-2-1-5-22(29)30/h3-4,6-12,14H,1-2,5,13,15H2,(H,26,27,28). The number of amides is 1. The van der Waals surface area contributed by atoms with Gasteiger partial charge in [0.1, 0.15) is 17.3 Å². The van der Waals surface area contributed by atoms with Gasteiger partial charge in [-0.2, -0.15) is 0 Å². The molecule has 2 aromatic carbocycles. The highest BCUT2D eigenvalue weighted by molar-refractivity contribution is 6.30. The predicted octanol–water partition coefficient (Wildman–Crippen LogP) is 5.58. The Morgan fingerprint density at radius 1 is 1.10 bits per heavy atom. The number of hydrogen-bond donors (Lipinski definition) is 1. The second-order valence-corrected chi connectivity index (χ2v) is 8.05. The van der Waals surface area contributed by atoms with Crippen LogP contribution in [-0.2, 0) is 11.3 Å². The molecule has 4 aromatic rings. The lowest BCUT2D eigenvalue weighted by Gasteiger charge is -2.27. The summed E-state index contributed by atoms with van der Waals surface area (Å²) in [7, 11) is 0. The lowest BCUT2D eigenvalue weighted by atomic mass is 10.1. The van der Waals surface area contributed by atoms with Crippen LogP contribution in [0.3, 0.4) is 0 Å². The van der Waals surface area contributed by atoms with Gasteiger partial charge >= 0.3 is 0 Å². The van der Waals surface area contributed by atoms with Gasteiger partial charge in [-0.25, -0.2) is 9.97 Å². The SMILES string of the molecule is O=C1CCCCN1Cc1ccc(-c2nc3ncccc3[nH]2)cc1Oc1ccc(Cl)cc1. The Morgan fingerprint density at radius 3 is 2.77 bits per heavy atom. The molecule has 2 aromatic heterocycles. The van der Waals surface area contributed by atoms with Crippen LogP contribution in [0.15, 0.2) is 60.8 Å². The van der Waals surface area contributed by atoms with Crippen LogP contribution in [0.1, 0.15) is 24.8 Å². The fourth-order valence-electron chi connectivity index (χ4n) is 3.77. The van der Waals surface area contributed by atoms with Crippen molar-refractivity contribution in [3.8, 4) is 22.9 Å². The summed E-state index contributed by atoms with van der Waals surface area (Å²) in [5.41, 5.74) is 3.38. The fourth-order valence-corrected chi connectivity index (χ4v) is 3.90. The van der Waals surface area contributed by atoms with E-state index in [4.69, 9.17) is 16.3 Å². The van der Waals surface area contributed by atoms with Crippen LogP contribution in [0.25, 0.3) is 22.6 Å². The lowest BCUT2D eigenvalue weighted by Crippen LogP contribution is -2.34. The number of rotatable bonds is 5. The Kier molecular flexibility index (Phi) is 5.30. The van der Waals surface area contributed by atoms with Crippen molar-refractivity contribution < 1.29 is 9.53 Å². The Labute approximate surface area is 184 Å². The number of piperidine rings is 1. The van der Waals surface area contributed by atoms with Crippen LogP contribution in [0.5, 0.6) is 11.5 Å². The Hall–Kier alpha value is -3.38. The summed E-state index contributed by atoms with van der Waals surface area (Å²) in [4.78, 5) is 26.4. The number of aromatic nitrogens is 3. The first-order valence-electron chi connectivity index (χ1n) is 10.3. The van der Waals surface area contributed by atoms with Crippen molar-refractivity contribution in [2.75, 3.05) is 6.54 Å². The molecule has 3 heterocycles. The average Bonchev–Trinajstić information content (AvgIpc) is 3.22. The maximum atomic E-state index is 12.3. The number of halogens is 1. The third-order valence-corrected chi connectivity index (χ3v) is 5.67. The second kappa shape index (κ2) is 8.40. The number of carbonyl (C=O) groups is 1. The molecule has 1 aliphatic heterocycles.